The molecule has 0 radical (unpaired) electrons. The standard InChI is InChI=1S/C18H33NO8S.C15H26O9.C3H9NS.Na.H2O/c1-7(6-28)19-17(24)16-15(14(23)13(22)10(4)25-16)27-18-9(3)8(2)12(21)11(5-20)26-18;1-6-7(2)14(23-9(4-16)10(6)18)24-13-12(20)11(19)8(3)22-15(13)21-5-17;1-3(4)2-5;;/h7-16,18,20-23,28H,5-6H2,1-4H3,(H,19,24);5-16,18-20H,4H2,1-3H3;3,5H,2,4H2,1H3;;1H2/q;;;+1;/t7?,8-,9?,10+,11?,12+,13?,14-,15+,16?,18+;6-,7?,8+,9?,10+,11?,12-,13+,14+,15?;;;/m11.../s1. The molecule has 0 aromatic rings. The van der Waals surface area contributed by atoms with Crippen molar-refractivity contribution >= 4 is 37.6 Å². The Bertz CT molecular complexity index is 1190. The molecule has 1 amide bonds. The van der Waals surface area contributed by atoms with E-state index >= 15 is 0 Å². The molecule has 0 aliphatic carbocycles. The van der Waals surface area contributed by atoms with Crippen LogP contribution in [0.1, 0.15) is 55.4 Å². The molecule has 22 atom stereocenters. The number of carbonyl (C=O) groups is 2. The van der Waals surface area contributed by atoms with Crippen molar-refractivity contribution < 1.29 is 119 Å². The van der Waals surface area contributed by atoms with Gasteiger partial charge in [-0.2, -0.15) is 25.3 Å². The first-order valence-corrected chi connectivity index (χ1v) is 20.6. The molecule has 4 heterocycles. The van der Waals surface area contributed by atoms with Crippen molar-refractivity contribution in [2.75, 3.05) is 24.7 Å². The predicted molar refractivity (Wildman–Crippen MR) is 212 cm³/mol. The van der Waals surface area contributed by atoms with E-state index < -0.39 is 117 Å². The second-order valence-electron chi connectivity index (χ2n) is 15.5. The van der Waals surface area contributed by atoms with Crippen molar-refractivity contribution in [1.29, 1.82) is 0 Å². The van der Waals surface area contributed by atoms with E-state index in [1.165, 1.54) is 6.92 Å². The van der Waals surface area contributed by atoms with Gasteiger partial charge in [0.1, 0.15) is 42.7 Å². The summed E-state index contributed by atoms with van der Waals surface area (Å²) in [5.41, 5.74) is 5.22. The summed E-state index contributed by atoms with van der Waals surface area (Å²) in [5, 5.41) is 82.8. The molecule has 0 bridgehead atoms. The molecule has 13 N–H and O–H groups in total. The summed E-state index contributed by atoms with van der Waals surface area (Å²) in [4.78, 5) is 23.3. The van der Waals surface area contributed by atoms with Gasteiger partial charge in [0.25, 0.3) is 12.4 Å². The molecule has 0 spiro atoms. The van der Waals surface area contributed by atoms with E-state index in [0.29, 0.717) is 5.75 Å². The Hall–Kier alpha value is -0.000000000000000222. The minimum Gasteiger partial charge on any atom is -0.435 e. The SMILES string of the molecule is CC(CS)NC(=O)C1O[C@@H](C)C(O)[C@@H](O)[C@@H]1O[C@@H]1OC(CO)[C@@H](O)[C@H](C)C1C.CC(N)CS.CC1[C@H](O[C@@H]2C(OC=O)O[C@@H](C)C(O)[C@H]2O)OC(CO)[C@@H](O)[C@@H]1C.O.[Na+]. The van der Waals surface area contributed by atoms with Crippen LogP contribution in [0.25, 0.3) is 0 Å². The summed E-state index contributed by atoms with van der Waals surface area (Å²) < 4.78 is 38.7. The van der Waals surface area contributed by atoms with Crippen molar-refractivity contribution in [2.45, 2.75) is 166 Å². The second-order valence-corrected chi connectivity index (χ2v) is 16.2. The van der Waals surface area contributed by atoms with E-state index in [0.717, 1.165) is 5.75 Å². The third-order valence-electron chi connectivity index (χ3n) is 10.9. The summed E-state index contributed by atoms with van der Waals surface area (Å²) >= 11 is 8.03. The van der Waals surface area contributed by atoms with E-state index in [9.17, 15) is 50.4 Å². The molecular weight excluding hydrogens is 836 g/mol. The molecule has 0 saturated carbocycles. The molecule has 23 heteroatoms. The number of aliphatic hydroxyl groups excluding tert-OH is 8. The summed E-state index contributed by atoms with van der Waals surface area (Å²) in [7, 11) is 0. The van der Waals surface area contributed by atoms with Crippen molar-refractivity contribution in [1.82, 2.24) is 5.32 Å². The topological polar surface area (TPSA) is 330 Å². The number of amides is 1. The Morgan fingerprint density at radius 1 is 0.678 bits per heavy atom. The van der Waals surface area contributed by atoms with Crippen LogP contribution in [0.2, 0.25) is 0 Å². The number of hydrogen-bond acceptors (Lipinski definition) is 20. The van der Waals surface area contributed by atoms with Gasteiger partial charge in [-0.05, 0) is 39.5 Å². The second kappa shape index (κ2) is 28.0. The van der Waals surface area contributed by atoms with E-state index in [1.54, 1.807) is 41.5 Å². The molecule has 0 aromatic heterocycles. The molecule has 4 aliphatic heterocycles. The van der Waals surface area contributed by atoms with Gasteiger partial charge in [-0.3, -0.25) is 9.59 Å². The average Bonchev–Trinajstić information content (AvgIpc) is 3.18. The van der Waals surface area contributed by atoms with E-state index in [2.05, 4.69) is 30.6 Å². The van der Waals surface area contributed by atoms with Gasteiger partial charge in [0, 0.05) is 35.4 Å². The van der Waals surface area contributed by atoms with Crippen LogP contribution in [0.5, 0.6) is 0 Å². The molecule has 344 valence electrons. The van der Waals surface area contributed by atoms with E-state index in [-0.39, 0.29) is 77.3 Å². The average molecular weight is 906 g/mol. The van der Waals surface area contributed by atoms with Gasteiger partial charge in [0.15, 0.2) is 24.8 Å². The third kappa shape index (κ3) is 15.9. The quantitative estimate of drug-likeness (QED) is 0.0492. The van der Waals surface area contributed by atoms with Gasteiger partial charge in [-0.25, -0.2) is 0 Å². The molecule has 4 aliphatic rings. The van der Waals surface area contributed by atoms with Crippen LogP contribution < -0.4 is 40.6 Å². The van der Waals surface area contributed by atoms with E-state index in [4.69, 9.17) is 38.9 Å². The zero-order valence-electron chi connectivity index (χ0n) is 35.3. The smallest absolute Gasteiger partial charge is 0.435 e. The fraction of sp³-hybridized carbons (Fsp3) is 0.944. The van der Waals surface area contributed by atoms with Crippen molar-refractivity contribution in [3.63, 3.8) is 0 Å². The monoisotopic (exact) mass is 905 g/mol. The molecule has 0 aromatic carbocycles. The largest absolute Gasteiger partial charge is 1.00 e. The summed E-state index contributed by atoms with van der Waals surface area (Å²) in [6, 6.07) is 0.0245. The predicted octanol–water partition coefficient (Wildman–Crippen LogP) is -6.53. The van der Waals surface area contributed by atoms with Crippen LogP contribution in [0.4, 0.5) is 0 Å². The first-order chi connectivity index (χ1) is 26.7. The zero-order valence-corrected chi connectivity index (χ0v) is 39.1. The fourth-order valence-electron chi connectivity index (χ4n) is 6.56. The van der Waals surface area contributed by atoms with Crippen LogP contribution in [-0.2, 0) is 42.7 Å². The summed E-state index contributed by atoms with van der Waals surface area (Å²) in [5.74, 6) is -0.347. The first-order valence-electron chi connectivity index (χ1n) is 19.3. The molecule has 4 fully saturated rings. The first kappa shape index (κ1) is 59.0. The number of carbonyl (C=O) groups excluding carboxylic acids is 2. The zero-order chi connectivity index (χ0) is 43.5. The van der Waals surface area contributed by atoms with Crippen molar-refractivity contribution in [3.8, 4) is 0 Å². The van der Waals surface area contributed by atoms with Crippen LogP contribution in [0, 0.1) is 23.7 Å². The number of rotatable bonds is 12. The van der Waals surface area contributed by atoms with Gasteiger partial charge in [-0.1, -0.05) is 27.7 Å². The normalized spacial score (nSPS) is 43.0. The Morgan fingerprint density at radius 3 is 1.47 bits per heavy atom. The van der Waals surface area contributed by atoms with Crippen molar-refractivity contribution in [3.05, 3.63) is 0 Å². The van der Waals surface area contributed by atoms with Gasteiger partial charge in [0.2, 0.25) is 6.29 Å². The summed E-state index contributed by atoms with van der Waals surface area (Å²) in [6.07, 6.45) is -16.7. The number of thiol groups is 2. The molecular formula is C36H70N2NaO18S2+. The minimum atomic E-state index is -1.38. The van der Waals surface area contributed by atoms with Gasteiger partial charge < -0.3 is 90.5 Å². The number of aliphatic hydroxyl groups is 8. The number of ether oxygens (including phenoxy) is 7. The molecule has 4 saturated heterocycles. The Balaban J connectivity index is 0.000001000. The number of hydrogen-bond donors (Lipinski definition) is 12. The van der Waals surface area contributed by atoms with Crippen LogP contribution >= 0.6 is 25.3 Å². The molecule has 20 nitrogen and oxygen atoms in total. The van der Waals surface area contributed by atoms with Gasteiger partial charge in [-0.15, -0.1) is 0 Å². The summed E-state index contributed by atoms with van der Waals surface area (Å²) in [6.45, 7) is 13.4. The maximum atomic E-state index is 12.7. The van der Waals surface area contributed by atoms with Crippen LogP contribution in [-0.4, -0.2) is 194 Å². The minimum absolute atomic E-state index is 0. The van der Waals surface area contributed by atoms with Crippen molar-refractivity contribution in [2.24, 2.45) is 29.4 Å². The molecule has 10 unspecified atom stereocenters. The maximum Gasteiger partial charge on any atom is 1.00 e. The Labute approximate surface area is 379 Å². The van der Waals surface area contributed by atoms with Crippen LogP contribution in [0.15, 0.2) is 0 Å². The maximum absolute atomic E-state index is 12.7. The van der Waals surface area contributed by atoms with Crippen LogP contribution in [0.3, 0.4) is 0 Å². The van der Waals surface area contributed by atoms with Gasteiger partial charge in [0.05, 0.1) is 37.6 Å². The van der Waals surface area contributed by atoms with Gasteiger partial charge >= 0.3 is 29.6 Å². The fourth-order valence-corrected chi connectivity index (χ4v) is 6.65. The number of nitrogens with one attached hydrogen (secondary N) is 1. The Morgan fingerprint density at radius 2 is 1.08 bits per heavy atom. The number of nitrogens with two attached hydrogens (primary N) is 1. The molecule has 4 rings (SSSR count). The van der Waals surface area contributed by atoms with E-state index in [1.807, 2.05) is 6.92 Å². The molecule has 59 heavy (non-hydrogen) atoms. The Kier molecular flexibility index (Phi) is 28.0. The third-order valence-corrected chi connectivity index (χ3v) is 12.1.